The average Bonchev–Trinajstić information content (AvgIpc) is 1.60. The third kappa shape index (κ3) is 1.79. The van der Waals surface area contributed by atoms with Gasteiger partial charge in [0.05, 0.1) is 0 Å². The molecule has 0 aliphatic heterocycles. The van der Waals surface area contributed by atoms with Crippen LogP contribution in [0.15, 0.2) is 0 Å². The van der Waals surface area contributed by atoms with Crippen LogP contribution in [0.4, 0.5) is 0 Å². The van der Waals surface area contributed by atoms with Gasteiger partial charge in [-0.25, -0.2) is 0 Å². The quantitative estimate of drug-likeness (QED) is 0.539. The van der Waals surface area contributed by atoms with Crippen molar-refractivity contribution in [1.82, 2.24) is 4.90 Å². The summed E-state index contributed by atoms with van der Waals surface area (Å²) in [6.45, 7) is 1.08. The van der Waals surface area contributed by atoms with Crippen LogP contribution in [-0.2, 0) is 4.79 Å². The maximum absolute atomic E-state index is 10.5. The number of carbonyl (C=O) groups is 1. The number of hydrogen-bond donors (Lipinski definition) is 0. The van der Waals surface area contributed by atoms with Crippen LogP contribution < -0.4 is 0 Å². The van der Waals surface area contributed by atoms with E-state index in [0.29, 0.717) is 11.7 Å². The van der Waals surface area contributed by atoms with Gasteiger partial charge in [-0.3, -0.25) is 4.79 Å². The molecule has 52 valence electrons. The van der Waals surface area contributed by atoms with Gasteiger partial charge < -0.3 is 4.90 Å². The molecule has 0 heterocycles. The van der Waals surface area contributed by atoms with E-state index in [1.807, 2.05) is 14.1 Å². The van der Waals surface area contributed by atoms with Crippen molar-refractivity contribution in [3.05, 3.63) is 0 Å². The van der Waals surface area contributed by atoms with Crippen LogP contribution in [0.2, 0.25) is 0 Å². The molecular formula is C7H13NO. The standard InChI is InChI=1S/C7H13NO/c1-8(2)5-6-3-7(9)4-6/h6H,3-5H2,1-2H3. The molecule has 0 radical (unpaired) electrons. The molecule has 1 aliphatic carbocycles. The first-order chi connectivity index (χ1) is 4.18. The SMILES string of the molecule is CN(C)CC1CC(=O)C1. The molecule has 1 fully saturated rings. The van der Waals surface area contributed by atoms with Crippen LogP contribution in [0.25, 0.3) is 0 Å². The molecule has 1 aliphatic rings. The minimum atomic E-state index is 0.432. The highest BCUT2D eigenvalue weighted by atomic mass is 16.1. The summed E-state index contributed by atoms with van der Waals surface area (Å²) in [4.78, 5) is 12.6. The van der Waals surface area contributed by atoms with Crippen molar-refractivity contribution in [2.24, 2.45) is 5.92 Å². The number of carbonyl (C=O) groups excluding carboxylic acids is 1. The molecule has 0 unspecified atom stereocenters. The second-order valence-corrected chi connectivity index (χ2v) is 3.08. The molecule has 0 aromatic carbocycles. The normalized spacial score (nSPS) is 20.6. The minimum absolute atomic E-state index is 0.432. The fourth-order valence-corrected chi connectivity index (χ4v) is 1.23. The zero-order valence-electron chi connectivity index (χ0n) is 6.05. The summed E-state index contributed by atoms with van der Waals surface area (Å²) in [5.74, 6) is 1.09. The van der Waals surface area contributed by atoms with Gasteiger partial charge in [0.15, 0.2) is 0 Å². The predicted octanol–water partition coefficient (Wildman–Crippen LogP) is 0.527. The Balaban J connectivity index is 2.11. The lowest BCUT2D eigenvalue weighted by Gasteiger charge is -2.26. The fraction of sp³-hybridized carbons (Fsp3) is 0.857. The maximum Gasteiger partial charge on any atom is 0.133 e. The van der Waals surface area contributed by atoms with Gasteiger partial charge in [0.2, 0.25) is 0 Å². The van der Waals surface area contributed by atoms with Crippen molar-refractivity contribution in [3.8, 4) is 0 Å². The van der Waals surface area contributed by atoms with E-state index in [1.165, 1.54) is 0 Å². The molecular weight excluding hydrogens is 114 g/mol. The van der Waals surface area contributed by atoms with E-state index in [0.717, 1.165) is 19.4 Å². The van der Waals surface area contributed by atoms with Crippen molar-refractivity contribution in [3.63, 3.8) is 0 Å². The molecule has 9 heavy (non-hydrogen) atoms. The Kier molecular flexibility index (Phi) is 1.86. The van der Waals surface area contributed by atoms with E-state index in [2.05, 4.69) is 4.90 Å². The van der Waals surface area contributed by atoms with Crippen LogP contribution in [0.3, 0.4) is 0 Å². The smallest absolute Gasteiger partial charge is 0.133 e. The summed E-state index contributed by atoms with van der Waals surface area (Å²) in [5.41, 5.74) is 0. The lowest BCUT2D eigenvalue weighted by molar-refractivity contribution is -0.127. The number of ketones is 1. The van der Waals surface area contributed by atoms with E-state index < -0.39 is 0 Å². The van der Waals surface area contributed by atoms with E-state index in [9.17, 15) is 4.79 Å². The highest BCUT2D eigenvalue weighted by Crippen LogP contribution is 2.22. The van der Waals surface area contributed by atoms with E-state index in [4.69, 9.17) is 0 Å². The highest BCUT2D eigenvalue weighted by Gasteiger charge is 2.26. The van der Waals surface area contributed by atoms with E-state index >= 15 is 0 Å². The Bertz CT molecular complexity index is 112. The summed E-state index contributed by atoms with van der Waals surface area (Å²) in [6, 6.07) is 0. The average molecular weight is 127 g/mol. The van der Waals surface area contributed by atoms with Crippen LogP contribution in [0.1, 0.15) is 12.8 Å². The van der Waals surface area contributed by atoms with Gasteiger partial charge in [-0.1, -0.05) is 0 Å². The molecule has 2 heteroatoms. The monoisotopic (exact) mass is 127 g/mol. The summed E-state index contributed by atoms with van der Waals surface area (Å²) in [7, 11) is 4.09. The summed E-state index contributed by atoms with van der Waals surface area (Å²) >= 11 is 0. The van der Waals surface area contributed by atoms with E-state index in [-0.39, 0.29) is 0 Å². The van der Waals surface area contributed by atoms with Crippen molar-refractivity contribution in [1.29, 1.82) is 0 Å². The van der Waals surface area contributed by atoms with Gasteiger partial charge in [-0.2, -0.15) is 0 Å². The number of nitrogens with zero attached hydrogens (tertiary/aromatic N) is 1. The van der Waals surface area contributed by atoms with Gasteiger partial charge >= 0.3 is 0 Å². The van der Waals surface area contributed by atoms with Crippen LogP contribution in [0.5, 0.6) is 0 Å². The fourth-order valence-electron chi connectivity index (χ4n) is 1.23. The van der Waals surface area contributed by atoms with Gasteiger partial charge in [0, 0.05) is 19.4 Å². The summed E-state index contributed by atoms with van der Waals surface area (Å²) in [5, 5.41) is 0. The van der Waals surface area contributed by atoms with Gasteiger partial charge in [0.1, 0.15) is 5.78 Å². The molecule has 0 N–H and O–H groups in total. The first-order valence-corrected chi connectivity index (χ1v) is 3.35. The molecule has 0 amide bonds. The molecule has 1 rings (SSSR count). The first-order valence-electron chi connectivity index (χ1n) is 3.35. The second-order valence-electron chi connectivity index (χ2n) is 3.08. The third-order valence-electron chi connectivity index (χ3n) is 1.66. The Hall–Kier alpha value is -0.370. The summed E-state index contributed by atoms with van der Waals surface area (Å²) in [6.07, 6.45) is 1.64. The summed E-state index contributed by atoms with van der Waals surface area (Å²) < 4.78 is 0. The van der Waals surface area contributed by atoms with Gasteiger partial charge in [-0.15, -0.1) is 0 Å². The van der Waals surface area contributed by atoms with Crippen molar-refractivity contribution in [2.75, 3.05) is 20.6 Å². The lowest BCUT2D eigenvalue weighted by atomic mass is 9.84. The first kappa shape index (κ1) is 6.75. The van der Waals surface area contributed by atoms with Crippen LogP contribution in [0, 0.1) is 5.92 Å². The molecule has 0 spiro atoms. The molecule has 0 aromatic heterocycles. The molecule has 2 nitrogen and oxygen atoms in total. The predicted molar refractivity (Wildman–Crippen MR) is 36.3 cm³/mol. The van der Waals surface area contributed by atoms with Crippen molar-refractivity contribution in [2.45, 2.75) is 12.8 Å². The molecule has 0 saturated heterocycles. The van der Waals surface area contributed by atoms with Crippen molar-refractivity contribution < 1.29 is 4.79 Å². The third-order valence-corrected chi connectivity index (χ3v) is 1.66. The Labute approximate surface area is 55.8 Å². The number of rotatable bonds is 2. The topological polar surface area (TPSA) is 20.3 Å². The second kappa shape index (κ2) is 2.48. The van der Waals surface area contributed by atoms with Crippen LogP contribution in [-0.4, -0.2) is 31.3 Å². The molecule has 0 aromatic rings. The highest BCUT2D eigenvalue weighted by molar-refractivity contribution is 5.84. The zero-order chi connectivity index (χ0) is 6.85. The Morgan fingerprint density at radius 3 is 2.44 bits per heavy atom. The molecule has 0 bridgehead atoms. The number of hydrogen-bond acceptors (Lipinski definition) is 2. The maximum atomic E-state index is 10.5. The van der Waals surface area contributed by atoms with E-state index in [1.54, 1.807) is 0 Å². The minimum Gasteiger partial charge on any atom is -0.309 e. The number of Topliss-reactive ketones (excluding diaryl/α,β-unsaturated/α-hetero) is 1. The molecule has 0 atom stereocenters. The Morgan fingerprint density at radius 2 is 2.11 bits per heavy atom. The van der Waals surface area contributed by atoms with Crippen molar-refractivity contribution >= 4 is 5.78 Å². The van der Waals surface area contributed by atoms with Crippen LogP contribution >= 0.6 is 0 Å². The van der Waals surface area contributed by atoms with Gasteiger partial charge in [0.25, 0.3) is 0 Å². The lowest BCUT2D eigenvalue weighted by Crippen LogP contribution is -2.32. The molecule has 1 saturated carbocycles. The van der Waals surface area contributed by atoms with Gasteiger partial charge in [-0.05, 0) is 20.0 Å². The zero-order valence-corrected chi connectivity index (χ0v) is 6.05. The Morgan fingerprint density at radius 1 is 1.56 bits per heavy atom. The largest absolute Gasteiger partial charge is 0.309 e.